The van der Waals surface area contributed by atoms with Crippen LogP contribution in [0.2, 0.25) is 0 Å². The molecule has 0 bridgehead atoms. The van der Waals surface area contributed by atoms with Gasteiger partial charge in [0.15, 0.2) is 0 Å². The van der Waals surface area contributed by atoms with Gasteiger partial charge in [-0.15, -0.1) is 0 Å². The molecule has 0 amide bonds. The molecule has 0 unspecified atom stereocenters. The number of hydrogen-bond donors (Lipinski definition) is 0. The lowest BCUT2D eigenvalue weighted by molar-refractivity contribution is 0.146. The quantitative estimate of drug-likeness (QED) is 0.865. The monoisotopic (exact) mass is 314 g/mol. The molecule has 2 atom stereocenters. The Morgan fingerprint density at radius 2 is 2.39 bits per heavy atom. The largest absolute Gasteiger partial charge is 0.339 e. The first kappa shape index (κ1) is 15.6. The van der Waals surface area contributed by atoms with E-state index in [1.807, 2.05) is 0 Å². The topological polar surface area (TPSA) is 66.0 Å². The highest BCUT2D eigenvalue weighted by atomic mass is 19.1. The van der Waals surface area contributed by atoms with E-state index in [0.717, 1.165) is 25.9 Å². The van der Waals surface area contributed by atoms with Crippen molar-refractivity contribution in [1.29, 1.82) is 5.26 Å². The third-order valence-corrected chi connectivity index (χ3v) is 4.34. The maximum absolute atomic E-state index is 13.3. The van der Waals surface area contributed by atoms with Crippen molar-refractivity contribution in [2.45, 2.75) is 38.1 Å². The number of hydrogen-bond acceptors (Lipinski definition) is 5. The first-order chi connectivity index (χ1) is 11.2. The average molecular weight is 314 g/mol. The Morgan fingerprint density at radius 1 is 1.52 bits per heavy atom. The standard InChI is InChI=1S/C17H19FN4O/c1-12(7-8-19)22-9-3-5-14(11-22)17-20-16(21-23-17)13-4-2-6-15(18)10-13/h2,4,6,10,12,14H,3,5,7,9,11H2,1H3/t12-,14-/m0/s1. The van der Waals surface area contributed by atoms with Gasteiger partial charge in [0.05, 0.1) is 18.4 Å². The molecule has 2 heterocycles. The Bertz CT molecular complexity index is 709. The van der Waals surface area contributed by atoms with E-state index in [9.17, 15) is 4.39 Å². The van der Waals surface area contributed by atoms with E-state index in [1.54, 1.807) is 12.1 Å². The highest BCUT2D eigenvalue weighted by molar-refractivity contribution is 5.53. The van der Waals surface area contributed by atoms with Gasteiger partial charge in [0.1, 0.15) is 5.82 Å². The maximum atomic E-state index is 13.3. The predicted molar refractivity (Wildman–Crippen MR) is 82.9 cm³/mol. The summed E-state index contributed by atoms with van der Waals surface area (Å²) in [5.74, 6) is 0.863. The van der Waals surface area contributed by atoms with Gasteiger partial charge in [0.2, 0.25) is 11.7 Å². The molecule has 23 heavy (non-hydrogen) atoms. The Kier molecular flexibility index (Phi) is 4.68. The number of likely N-dealkylation sites (tertiary alicyclic amines) is 1. The summed E-state index contributed by atoms with van der Waals surface area (Å²) in [6.07, 6.45) is 2.55. The molecule has 1 aromatic heterocycles. The SMILES string of the molecule is C[C@@H](CC#N)N1CCC[C@H](c2nc(-c3cccc(F)c3)no2)C1. The number of nitrogens with zero attached hydrogens (tertiary/aromatic N) is 4. The highest BCUT2D eigenvalue weighted by Gasteiger charge is 2.28. The van der Waals surface area contributed by atoms with Crippen molar-refractivity contribution in [3.8, 4) is 17.5 Å². The molecular formula is C17H19FN4O. The van der Waals surface area contributed by atoms with Gasteiger partial charge < -0.3 is 4.52 Å². The third kappa shape index (κ3) is 3.57. The lowest BCUT2D eigenvalue weighted by atomic mass is 9.96. The molecule has 0 N–H and O–H groups in total. The van der Waals surface area contributed by atoms with E-state index in [-0.39, 0.29) is 17.8 Å². The van der Waals surface area contributed by atoms with E-state index in [2.05, 4.69) is 28.0 Å². The summed E-state index contributed by atoms with van der Waals surface area (Å²) in [6.45, 7) is 3.87. The number of piperidine rings is 1. The second-order valence-electron chi connectivity index (χ2n) is 6.01. The van der Waals surface area contributed by atoms with Gasteiger partial charge in [-0.05, 0) is 38.4 Å². The Hall–Kier alpha value is -2.26. The summed E-state index contributed by atoms with van der Waals surface area (Å²) in [5, 5.41) is 12.8. The van der Waals surface area contributed by atoms with Crippen molar-refractivity contribution in [1.82, 2.24) is 15.0 Å². The molecular weight excluding hydrogens is 295 g/mol. The molecule has 1 fully saturated rings. The fraction of sp³-hybridized carbons (Fsp3) is 0.471. The minimum Gasteiger partial charge on any atom is -0.339 e. The van der Waals surface area contributed by atoms with Crippen LogP contribution in [0.25, 0.3) is 11.4 Å². The molecule has 0 aliphatic carbocycles. The van der Waals surface area contributed by atoms with Gasteiger partial charge >= 0.3 is 0 Å². The molecule has 1 aliphatic rings. The third-order valence-electron chi connectivity index (χ3n) is 4.34. The van der Waals surface area contributed by atoms with Crippen LogP contribution < -0.4 is 0 Å². The fourth-order valence-corrected chi connectivity index (χ4v) is 3.02. The first-order valence-electron chi connectivity index (χ1n) is 7.88. The number of nitriles is 1. The minimum atomic E-state index is -0.317. The summed E-state index contributed by atoms with van der Waals surface area (Å²) in [7, 11) is 0. The zero-order chi connectivity index (χ0) is 16.2. The van der Waals surface area contributed by atoms with Gasteiger partial charge in [-0.2, -0.15) is 10.2 Å². The van der Waals surface area contributed by atoms with E-state index < -0.39 is 0 Å². The van der Waals surface area contributed by atoms with Gasteiger partial charge in [0, 0.05) is 18.2 Å². The molecule has 0 radical (unpaired) electrons. The van der Waals surface area contributed by atoms with Crippen LogP contribution in [0.15, 0.2) is 28.8 Å². The van der Waals surface area contributed by atoms with Crippen LogP contribution in [0.4, 0.5) is 4.39 Å². The van der Waals surface area contributed by atoms with Gasteiger partial charge in [0.25, 0.3) is 0 Å². The van der Waals surface area contributed by atoms with Gasteiger partial charge in [-0.3, -0.25) is 4.90 Å². The zero-order valence-electron chi connectivity index (χ0n) is 13.1. The Labute approximate surface area is 134 Å². The minimum absolute atomic E-state index is 0.166. The van der Waals surface area contributed by atoms with Crippen LogP contribution >= 0.6 is 0 Å². The lowest BCUT2D eigenvalue weighted by Crippen LogP contribution is -2.40. The molecule has 1 aromatic carbocycles. The van der Waals surface area contributed by atoms with Gasteiger partial charge in [-0.25, -0.2) is 4.39 Å². The second-order valence-corrected chi connectivity index (χ2v) is 6.01. The van der Waals surface area contributed by atoms with Crippen LogP contribution in [0.5, 0.6) is 0 Å². The number of aromatic nitrogens is 2. The van der Waals surface area contributed by atoms with E-state index in [4.69, 9.17) is 9.78 Å². The van der Waals surface area contributed by atoms with Crippen molar-refractivity contribution < 1.29 is 8.91 Å². The van der Waals surface area contributed by atoms with Crippen molar-refractivity contribution in [3.05, 3.63) is 36.0 Å². The van der Waals surface area contributed by atoms with Crippen molar-refractivity contribution >= 4 is 0 Å². The fourth-order valence-electron chi connectivity index (χ4n) is 3.02. The summed E-state index contributed by atoms with van der Waals surface area (Å²) in [5.41, 5.74) is 0.616. The number of halogens is 1. The molecule has 2 aromatic rings. The Balaban J connectivity index is 1.74. The summed E-state index contributed by atoms with van der Waals surface area (Å²) < 4.78 is 18.7. The molecule has 5 nitrogen and oxygen atoms in total. The van der Waals surface area contributed by atoms with Gasteiger partial charge in [-0.1, -0.05) is 17.3 Å². The predicted octanol–water partition coefficient (Wildman–Crippen LogP) is 3.36. The van der Waals surface area contributed by atoms with E-state index >= 15 is 0 Å². The van der Waals surface area contributed by atoms with Crippen LogP contribution in [-0.4, -0.2) is 34.2 Å². The summed E-state index contributed by atoms with van der Waals surface area (Å²) in [6, 6.07) is 8.64. The summed E-state index contributed by atoms with van der Waals surface area (Å²) >= 11 is 0. The first-order valence-corrected chi connectivity index (χ1v) is 7.88. The highest BCUT2D eigenvalue weighted by Crippen LogP contribution is 2.29. The van der Waals surface area contributed by atoms with Crippen LogP contribution in [0, 0.1) is 17.1 Å². The maximum Gasteiger partial charge on any atom is 0.231 e. The molecule has 1 saturated heterocycles. The van der Waals surface area contributed by atoms with Crippen molar-refractivity contribution in [2.75, 3.05) is 13.1 Å². The van der Waals surface area contributed by atoms with Crippen LogP contribution in [0.1, 0.15) is 38.0 Å². The summed E-state index contributed by atoms with van der Waals surface area (Å²) in [4.78, 5) is 6.74. The molecule has 0 spiro atoms. The van der Waals surface area contributed by atoms with Crippen molar-refractivity contribution in [3.63, 3.8) is 0 Å². The molecule has 120 valence electrons. The van der Waals surface area contributed by atoms with Crippen LogP contribution in [0.3, 0.4) is 0 Å². The number of rotatable bonds is 4. The van der Waals surface area contributed by atoms with Crippen LogP contribution in [-0.2, 0) is 0 Å². The Morgan fingerprint density at radius 3 is 3.17 bits per heavy atom. The van der Waals surface area contributed by atoms with E-state index in [1.165, 1.54) is 12.1 Å². The smallest absolute Gasteiger partial charge is 0.231 e. The zero-order valence-corrected chi connectivity index (χ0v) is 13.1. The lowest BCUT2D eigenvalue weighted by Gasteiger charge is -2.34. The average Bonchev–Trinajstić information content (AvgIpc) is 3.05. The normalized spacial score (nSPS) is 20.1. The molecule has 6 heteroatoms. The molecule has 1 aliphatic heterocycles. The molecule has 0 saturated carbocycles. The van der Waals surface area contributed by atoms with E-state index in [0.29, 0.717) is 23.7 Å². The number of benzene rings is 1. The van der Waals surface area contributed by atoms with Crippen molar-refractivity contribution in [2.24, 2.45) is 0 Å². The molecule has 3 rings (SSSR count). The second kappa shape index (κ2) is 6.88.